The van der Waals surface area contributed by atoms with Gasteiger partial charge in [-0.3, -0.25) is 0 Å². The average Bonchev–Trinajstić information content (AvgIpc) is 2.68. The molecule has 0 bridgehead atoms. The third-order valence-corrected chi connectivity index (χ3v) is 5.22. The van der Waals surface area contributed by atoms with Crippen molar-refractivity contribution in [1.82, 2.24) is 5.32 Å². The summed E-state index contributed by atoms with van der Waals surface area (Å²) in [5.41, 5.74) is 2.21. The molecule has 1 aromatic carbocycles. The highest BCUT2D eigenvalue weighted by Gasteiger charge is 2.17. The lowest BCUT2D eigenvalue weighted by Gasteiger charge is -2.17. The lowest BCUT2D eigenvalue weighted by Crippen LogP contribution is -2.22. The van der Waals surface area contributed by atoms with E-state index < -0.39 is 0 Å². The highest BCUT2D eigenvalue weighted by atomic mass is 79.9. The van der Waals surface area contributed by atoms with Gasteiger partial charge in [0.25, 0.3) is 0 Å². The molecule has 0 saturated heterocycles. The Bertz CT molecular complexity index is 556. The van der Waals surface area contributed by atoms with E-state index >= 15 is 0 Å². The number of halogens is 3. The number of likely N-dealkylation sites (N-methyl/N-ethyl adjacent to an activating group) is 1. The molecule has 2 aromatic rings. The normalized spacial score (nSPS) is 12.6. The van der Waals surface area contributed by atoms with E-state index in [-0.39, 0.29) is 11.9 Å². The molecule has 5 heteroatoms. The topological polar surface area (TPSA) is 12.0 Å². The molecule has 102 valence electrons. The van der Waals surface area contributed by atoms with Gasteiger partial charge in [0.2, 0.25) is 0 Å². The van der Waals surface area contributed by atoms with E-state index in [1.807, 2.05) is 6.07 Å². The molecule has 0 amide bonds. The second kappa shape index (κ2) is 6.97. The van der Waals surface area contributed by atoms with Gasteiger partial charge in [0.15, 0.2) is 0 Å². The summed E-state index contributed by atoms with van der Waals surface area (Å²) in [7, 11) is 0. The minimum absolute atomic E-state index is 0.182. The number of hydrogen-bond donors (Lipinski definition) is 1. The molecule has 1 N–H and O–H groups in total. The van der Waals surface area contributed by atoms with Gasteiger partial charge < -0.3 is 5.32 Å². The third-order valence-electron chi connectivity index (χ3n) is 2.84. The van der Waals surface area contributed by atoms with Crippen molar-refractivity contribution in [2.75, 3.05) is 6.54 Å². The van der Waals surface area contributed by atoms with Crippen molar-refractivity contribution < 1.29 is 4.39 Å². The van der Waals surface area contributed by atoms with Crippen LogP contribution >= 0.6 is 43.2 Å². The second-order valence-electron chi connectivity index (χ2n) is 4.22. The van der Waals surface area contributed by atoms with Crippen molar-refractivity contribution >= 4 is 43.2 Å². The van der Waals surface area contributed by atoms with Gasteiger partial charge in [-0.1, -0.05) is 19.1 Å². The van der Waals surface area contributed by atoms with Gasteiger partial charge in [-0.25, -0.2) is 4.39 Å². The molecule has 1 aromatic heterocycles. The summed E-state index contributed by atoms with van der Waals surface area (Å²) in [4.78, 5) is 0. The molecule has 0 aliphatic rings. The summed E-state index contributed by atoms with van der Waals surface area (Å²) in [6.45, 7) is 2.95. The molecule has 19 heavy (non-hydrogen) atoms. The summed E-state index contributed by atoms with van der Waals surface area (Å²) in [6.07, 6.45) is 0.771. The van der Waals surface area contributed by atoms with Gasteiger partial charge in [0, 0.05) is 6.04 Å². The lowest BCUT2D eigenvalue weighted by atomic mass is 10.0. The monoisotopic (exact) mass is 405 g/mol. The van der Waals surface area contributed by atoms with Gasteiger partial charge >= 0.3 is 0 Å². The maximum Gasteiger partial charge on any atom is 0.123 e. The number of hydrogen-bond acceptors (Lipinski definition) is 2. The summed E-state index contributed by atoms with van der Waals surface area (Å²) in [5.74, 6) is -0.182. The zero-order valence-corrected chi connectivity index (χ0v) is 14.4. The molecule has 1 heterocycles. The largest absolute Gasteiger partial charge is 0.310 e. The molecule has 0 spiro atoms. The Hall–Kier alpha value is -0.230. The van der Waals surface area contributed by atoms with Crippen molar-refractivity contribution in [3.63, 3.8) is 0 Å². The van der Waals surface area contributed by atoms with E-state index in [0.717, 1.165) is 26.1 Å². The quantitative estimate of drug-likeness (QED) is 0.709. The van der Waals surface area contributed by atoms with Crippen LogP contribution in [0.25, 0.3) is 0 Å². The van der Waals surface area contributed by atoms with E-state index in [2.05, 4.69) is 50.2 Å². The first kappa shape index (κ1) is 15.2. The molecule has 0 radical (unpaired) electrons. The summed E-state index contributed by atoms with van der Waals surface area (Å²) < 4.78 is 15.5. The fraction of sp³-hybridized carbons (Fsp3) is 0.286. The first-order valence-corrected chi connectivity index (χ1v) is 8.43. The van der Waals surface area contributed by atoms with Crippen LogP contribution < -0.4 is 5.32 Å². The van der Waals surface area contributed by atoms with Crippen molar-refractivity contribution in [2.45, 2.75) is 19.4 Å². The molecule has 1 unspecified atom stereocenters. The summed E-state index contributed by atoms with van der Waals surface area (Å²) >= 11 is 8.75. The van der Waals surface area contributed by atoms with Crippen LogP contribution in [-0.2, 0) is 6.42 Å². The molecule has 0 fully saturated rings. The van der Waals surface area contributed by atoms with Crippen LogP contribution in [0.1, 0.15) is 24.1 Å². The maximum atomic E-state index is 13.3. The van der Waals surface area contributed by atoms with Crippen LogP contribution in [0.5, 0.6) is 0 Å². The predicted octanol–water partition coefficient (Wildman–Crippen LogP) is 5.31. The Morgan fingerprint density at radius 2 is 2.11 bits per heavy atom. The van der Waals surface area contributed by atoms with Crippen molar-refractivity contribution in [3.8, 4) is 0 Å². The SMILES string of the molecule is CCNC(Cc1cccc(F)c1)c1cc(Br)sc1Br. The number of rotatable bonds is 5. The van der Waals surface area contributed by atoms with E-state index in [0.29, 0.717) is 0 Å². The molecular formula is C14H14Br2FNS. The van der Waals surface area contributed by atoms with Crippen LogP contribution in [0, 0.1) is 5.82 Å². The van der Waals surface area contributed by atoms with Gasteiger partial charge in [-0.2, -0.15) is 0 Å². The van der Waals surface area contributed by atoms with Crippen LogP contribution in [0.3, 0.4) is 0 Å². The molecule has 0 aliphatic carbocycles. The second-order valence-corrected chi connectivity index (χ2v) is 7.97. The molecule has 0 saturated carbocycles. The zero-order chi connectivity index (χ0) is 13.8. The standard InChI is InChI=1S/C14H14Br2FNS/c1-2-18-12(11-8-13(15)19-14(11)16)7-9-4-3-5-10(17)6-9/h3-6,8,12,18H,2,7H2,1H3. The minimum Gasteiger partial charge on any atom is -0.310 e. The fourth-order valence-corrected chi connectivity index (χ4v) is 5.00. The Morgan fingerprint density at radius 1 is 1.32 bits per heavy atom. The van der Waals surface area contributed by atoms with E-state index in [1.54, 1.807) is 23.5 Å². The Labute approximate surface area is 133 Å². The smallest absolute Gasteiger partial charge is 0.123 e. The van der Waals surface area contributed by atoms with Gasteiger partial charge in [0.05, 0.1) is 7.57 Å². The van der Waals surface area contributed by atoms with Crippen LogP contribution in [0.4, 0.5) is 4.39 Å². The van der Waals surface area contributed by atoms with Crippen molar-refractivity contribution in [3.05, 3.63) is 54.8 Å². The van der Waals surface area contributed by atoms with Crippen LogP contribution in [-0.4, -0.2) is 6.54 Å². The first-order valence-electron chi connectivity index (χ1n) is 6.02. The average molecular weight is 407 g/mol. The predicted molar refractivity (Wildman–Crippen MR) is 86.2 cm³/mol. The Balaban J connectivity index is 2.23. The van der Waals surface area contributed by atoms with Gasteiger partial charge in [-0.05, 0) is 74.2 Å². The van der Waals surface area contributed by atoms with Gasteiger partial charge in [0.1, 0.15) is 5.82 Å². The van der Waals surface area contributed by atoms with E-state index in [4.69, 9.17) is 0 Å². The van der Waals surface area contributed by atoms with Crippen molar-refractivity contribution in [1.29, 1.82) is 0 Å². The molecule has 2 rings (SSSR count). The minimum atomic E-state index is -0.182. The number of thiophene rings is 1. The summed E-state index contributed by atoms with van der Waals surface area (Å²) in [5, 5.41) is 3.45. The first-order chi connectivity index (χ1) is 9.10. The number of benzene rings is 1. The van der Waals surface area contributed by atoms with E-state index in [9.17, 15) is 4.39 Å². The maximum absolute atomic E-state index is 13.3. The van der Waals surface area contributed by atoms with Crippen LogP contribution in [0.2, 0.25) is 0 Å². The zero-order valence-electron chi connectivity index (χ0n) is 10.4. The third kappa shape index (κ3) is 4.12. The highest BCUT2D eigenvalue weighted by molar-refractivity contribution is 9.12. The molecule has 0 aliphatic heterocycles. The van der Waals surface area contributed by atoms with Gasteiger partial charge in [-0.15, -0.1) is 11.3 Å². The summed E-state index contributed by atoms with van der Waals surface area (Å²) in [6, 6.07) is 9.09. The fourth-order valence-electron chi connectivity index (χ4n) is 2.03. The van der Waals surface area contributed by atoms with E-state index in [1.165, 1.54) is 11.6 Å². The lowest BCUT2D eigenvalue weighted by molar-refractivity contribution is 0.546. The van der Waals surface area contributed by atoms with Crippen LogP contribution in [0.15, 0.2) is 37.9 Å². The van der Waals surface area contributed by atoms with Crippen molar-refractivity contribution in [2.24, 2.45) is 0 Å². The molecular weight excluding hydrogens is 393 g/mol. The number of nitrogens with one attached hydrogen (secondary N) is 1. The molecule has 1 atom stereocenters. The molecule has 1 nitrogen and oxygen atoms in total. The highest BCUT2D eigenvalue weighted by Crippen LogP contribution is 2.36. The Morgan fingerprint density at radius 3 is 2.68 bits per heavy atom. The Kier molecular flexibility index (Phi) is 5.57.